The van der Waals surface area contributed by atoms with Crippen LogP contribution in [0.3, 0.4) is 0 Å². The summed E-state index contributed by atoms with van der Waals surface area (Å²) in [5, 5.41) is 0. The van der Waals surface area contributed by atoms with Crippen LogP contribution in [0, 0.1) is 0 Å². The summed E-state index contributed by atoms with van der Waals surface area (Å²) in [4.78, 5) is 38.4. The van der Waals surface area contributed by atoms with Crippen molar-refractivity contribution in [1.29, 1.82) is 0 Å². The Kier molecular flexibility index (Phi) is 65.5. The number of rotatable bonds is 67. The van der Waals surface area contributed by atoms with Crippen molar-refractivity contribution in [3.05, 3.63) is 0 Å². The summed E-state index contributed by atoms with van der Waals surface area (Å²) in [6.07, 6.45) is 78.6. The van der Waals surface area contributed by atoms with Gasteiger partial charge >= 0.3 is 17.9 Å². The number of hydrogen-bond acceptors (Lipinski definition) is 6. The number of carbonyl (C=O) groups excluding carboxylic acids is 3. The Labute approximate surface area is 482 Å². The van der Waals surface area contributed by atoms with E-state index in [0.29, 0.717) is 19.3 Å². The molecule has 6 nitrogen and oxygen atoms in total. The molecule has 1 atom stereocenters. The molecule has 0 N–H and O–H groups in total. The molecule has 0 aromatic rings. The molecule has 1 unspecified atom stereocenters. The normalized spacial score (nSPS) is 11.9. The maximum atomic E-state index is 12.9. The molecule has 0 heterocycles. The Morgan fingerprint density at radius 2 is 0.351 bits per heavy atom. The number of hydrogen-bond donors (Lipinski definition) is 0. The third kappa shape index (κ3) is 65.1. The van der Waals surface area contributed by atoms with Gasteiger partial charge in [-0.15, -0.1) is 0 Å². The van der Waals surface area contributed by atoms with Gasteiger partial charge in [-0.2, -0.15) is 0 Å². The monoisotopic (exact) mass is 1090 g/mol. The van der Waals surface area contributed by atoms with Gasteiger partial charge in [0, 0.05) is 19.3 Å². The highest BCUT2D eigenvalue weighted by Gasteiger charge is 2.19. The molecular weight excluding hydrogens is 949 g/mol. The Balaban J connectivity index is 4.14. The van der Waals surface area contributed by atoms with Crippen LogP contribution in [-0.2, 0) is 28.6 Å². The van der Waals surface area contributed by atoms with Crippen LogP contribution in [0.25, 0.3) is 0 Å². The van der Waals surface area contributed by atoms with Gasteiger partial charge in [0.1, 0.15) is 13.2 Å². The highest BCUT2D eigenvalue weighted by molar-refractivity contribution is 5.71. The molecule has 0 amide bonds. The lowest BCUT2D eigenvalue weighted by atomic mass is 10.0. The molecule has 0 aromatic heterocycles. The molecule has 0 radical (unpaired) electrons. The highest BCUT2D eigenvalue weighted by Crippen LogP contribution is 2.19. The fourth-order valence-corrected chi connectivity index (χ4v) is 11.3. The maximum Gasteiger partial charge on any atom is 0.306 e. The van der Waals surface area contributed by atoms with Gasteiger partial charge in [-0.05, 0) is 19.3 Å². The standard InChI is InChI=1S/C71H138O6/c1-4-7-10-13-16-19-22-24-26-28-30-32-34-36-38-40-42-44-46-49-52-55-58-61-64-70(73)76-67-68(66-75-69(72)63-60-57-54-51-48-21-18-15-12-9-6-3)77-71(74)65-62-59-56-53-50-47-45-43-41-39-37-35-33-31-29-27-25-23-20-17-14-11-8-5-2/h68H,4-67H2,1-3H3. The molecule has 0 saturated carbocycles. The van der Waals surface area contributed by atoms with Crippen molar-refractivity contribution in [3.8, 4) is 0 Å². The average molecular weight is 1090 g/mol. The van der Waals surface area contributed by atoms with Crippen molar-refractivity contribution < 1.29 is 28.6 Å². The largest absolute Gasteiger partial charge is 0.462 e. The van der Waals surface area contributed by atoms with E-state index in [4.69, 9.17) is 14.2 Å². The van der Waals surface area contributed by atoms with Crippen molar-refractivity contribution >= 4 is 17.9 Å². The molecule has 0 saturated heterocycles. The van der Waals surface area contributed by atoms with E-state index >= 15 is 0 Å². The van der Waals surface area contributed by atoms with Gasteiger partial charge in [0.25, 0.3) is 0 Å². The summed E-state index contributed by atoms with van der Waals surface area (Å²) >= 11 is 0. The van der Waals surface area contributed by atoms with E-state index in [1.165, 1.54) is 321 Å². The number of esters is 3. The molecule has 0 aliphatic rings. The van der Waals surface area contributed by atoms with Gasteiger partial charge in [0.2, 0.25) is 0 Å². The topological polar surface area (TPSA) is 78.9 Å². The number of unbranched alkanes of at least 4 members (excludes halogenated alkanes) is 56. The van der Waals surface area contributed by atoms with Crippen LogP contribution in [-0.4, -0.2) is 37.2 Å². The maximum absolute atomic E-state index is 12.9. The number of carbonyl (C=O) groups is 3. The van der Waals surface area contributed by atoms with Gasteiger partial charge in [-0.1, -0.05) is 380 Å². The lowest BCUT2D eigenvalue weighted by molar-refractivity contribution is -0.167. The minimum Gasteiger partial charge on any atom is -0.462 e. The van der Waals surface area contributed by atoms with Crippen molar-refractivity contribution in [2.75, 3.05) is 13.2 Å². The third-order valence-electron chi connectivity index (χ3n) is 16.6. The Morgan fingerprint density at radius 1 is 0.208 bits per heavy atom. The van der Waals surface area contributed by atoms with Crippen LogP contribution >= 0.6 is 0 Å². The molecule has 0 bridgehead atoms. The van der Waals surface area contributed by atoms with E-state index in [9.17, 15) is 14.4 Å². The van der Waals surface area contributed by atoms with E-state index in [1.54, 1.807) is 0 Å². The smallest absolute Gasteiger partial charge is 0.306 e. The molecule has 0 aliphatic heterocycles. The first-order chi connectivity index (χ1) is 38.0. The second kappa shape index (κ2) is 66.9. The third-order valence-corrected chi connectivity index (χ3v) is 16.6. The van der Waals surface area contributed by atoms with Gasteiger partial charge in [-0.25, -0.2) is 0 Å². The van der Waals surface area contributed by atoms with Gasteiger partial charge in [-0.3, -0.25) is 14.4 Å². The molecule has 0 fully saturated rings. The summed E-state index contributed by atoms with van der Waals surface area (Å²) in [6.45, 7) is 6.73. The molecule has 0 rings (SSSR count). The Morgan fingerprint density at radius 3 is 0.519 bits per heavy atom. The van der Waals surface area contributed by atoms with E-state index in [0.717, 1.165) is 57.8 Å². The Bertz CT molecular complexity index is 1160. The fourth-order valence-electron chi connectivity index (χ4n) is 11.3. The summed E-state index contributed by atoms with van der Waals surface area (Å²) in [5.41, 5.74) is 0. The van der Waals surface area contributed by atoms with Gasteiger partial charge in [0.05, 0.1) is 0 Å². The summed E-state index contributed by atoms with van der Waals surface area (Å²) in [5.74, 6) is -0.822. The zero-order chi connectivity index (χ0) is 55.7. The zero-order valence-corrected chi connectivity index (χ0v) is 52.8. The zero-order valence-electron chi connectivity index (χ0n) is 52.8. The van der Waals surface area contributed by atoms with Crippen molar-refractivity contribution in [2.24, 2.45) is 0 Å². The second-order valence-corrected chi connectivity index (χ2v) is 24.5. The van der Waals surface area contributed by atoms with Crippen molar-refractivity contribution in [1.82, 2.24) is 0 Å². The van der Waals surface area contributed by atoms with Crippen LogP contribution < -0.4 is 0 Å². The van der Waals surface area contributed by atoms with Crippen LogP contribution in [0.2, 0.25) is 0 Å². The molecular formula is C71H138O6. The quantitative estimate of drug-likeness (QED) is 0.0343. The van der Waals surface area contributed by atoms with E-state index in [2.05, 4.69) is 20.8 Å². The first kappa shape index (κ1) is 75.4. The van der Waals surface area contributed by atoms with Crippen molar-refractivity contribution in [2.45, 2.75) is 425 Å². The summed E-state index contributed by atoms with van der Waals surface area (Å²) in [6, 6.07) is 0. The summed E-state index contributed by atoms with van der Waals surface area (Å²) in [7, 11) is 0. The predicted molar refractivity (Wildman–Crippen MR) is 335 cm³/mol. The van der Waals surface area contributed by atoms with Crippen molar-refractivity contribution in [3.63, 3.8) is 0 Å². The Hall–Kier alpha value is -1.59. The minimum atomic E-state index is -0.763. The van der Waals surface area contributed by atoms with Crippen LogP contribution in [0.5, 0.6) is 0 Å². The first-order valence-corrected chi connectivity index (χ1v) is 35.5. The molecule has 77 heavy (non-hydrogen) atoms. The predicted octanol–water partition coefficient (Wildman–Crippen LogP) is 24.2. The molecule has 0 spiro atoms. The van der Waals surface area contributed by atoms with Crippen LogP contribution in [0.1, 0.15) is 419 Å². The van der Waals surface area contributed by atoms with Crippen LogP contribution in [0.4, 0.5) is 0 Å². The lowest BCUT2D eigenvalue weighted by Gasteiger charge is -2.18. The van der Waals surface area contributed by atoms with Crippen LogP contribution in [0.15, 0.2) is 0 Å². The lowest BCUT2D eigenvalue weighted by Crippen LogP contribution is -2.30. The van der Waals surface area contributed by atoms with E-state index in [-0.39, 0.29) is 31.1 Å². The van der Waals surface area contributed by atoms with E-state index < -0.39 is 6.10 Å². The molecule has 0 aromatic carbocycles. The average Bonchev–Trinajstić information content (AvgIpc) is 3.43. The first-order valence-electron chi connectivity index (χ1n) is 35.5. The number of ether oxygens (including phenoxy) is 3. The SMILES string of the molecule is CCCCCCCCCCCCCCCCCCCCCCCCCCC(=O)OCC(COC(=O)CCCCCCCCCCCCC)OC(=O)CCCCCCCCCCCCCCCCCCCCCCCCCC. The minimum absolute atomic E-state index is 0.0604. The molecule has 0 aliphatic carbocycles. The molecule has 6 heteroatoms. The molecule has 458 valence electrons. The second-order valence-electron chi connectivity index (χ2n) is 24.5. The highest BCUT2D eigenvalue weighted by atomic mass is 16.6. The summed E-state index contributed by atoms with van der Waals surface area (Å²) < 4.78 is 17.0. The van der Waals surface area contributed by atoms with Gasteiger partial charge < -0.3 is 14.2 Å². The van der Waals surface area contributed by atoms with E-state index in [1.807, 2.05) is 0 Å². The fraction of sp³-hybridized carbons (Fsp3) is 0.958. The van der Waals surface area contributed by atoms with Gasteiger partial charge in [0.15, 0.2) is 6.10 Å².